The number of halogens is 1. The van der Waals surface area contributed by atoms with Crippen molar-refractivity contribution >= 4 is 5.84 Å². The monoisotopic (exact) mass is 267 g/mol. The Morgan fingerprint density at radius 3 is 2.74 bits per heavy atom. The molecule has 1 aromatic carbocycles. The van der Waals surface area contributed by atoms with E-state index in [1.165, 1.54) is 12.1 Å². The van der Waals surface area contributed by atoms with Crippen LogP contribution in [0.3, 0.4) is 0 Å². The highest BCUT2D eigenvalue weighted by Crippen LogP contribution is 2.13. The summed E-state index contributed by atoms with van der Waals surface area (Å²) in [5.74, 6) is -0.0355. The van der Waals surface area contributed by atoms with Gasteiger partial charge < -0.3 is 10.5 Å². The minimum atomic E-state index is -0.214. The van der Waals surface area contributed by atoms with Crippen molar-refractivity contribution in [2.24, 2.45) is 5.73 Å². The van der Waals surface area contributed by atoms with Crippen molar-refractivity contribution in [1.82, 2.24) is 4.90 Å². The van der Waals surface area contributed by atoms with Crippen molar-refractivity contribution < 1.29 is 9.13 Å². The van der Waals surface area contributed by atoms with Crippen LogP contribution >= 0.6 is 0 Å². The number of ether oxygens (including phenoxy) is 1. The number of hydrogen-bond donors (Lipinski definition) is 2. The lowest BCUT2D eigenvalue weighted by molar-refractivity contribution is 0.145. The zero-order valence-electron chi connectivity index (χ0n) is 11.6. The van der Waals surface area contributed by atoms with Crippen LogP contribution in [0.25, 0.3) is 0 Å². The normalized spacial score (nSPS) is 10.9. The number of rotatable bonds is 8. The molecule has 0 atom stereocenters. The summed E-state index contributed by atoms with van der Waals surface area (Å²) in [4.78, 5) is 2.16. The first kappa shape index (κ1) is 15.6. The van der Waals surface area contributed by atoms with Gasteiger partial charge in [0.15, 0.2) is 0 Å². The molecule has 0 aromatic heterocycles. The number of nitrogens with zero attached hydrogens (tertiary/aromatic N) is 1. The van der Waals surface area contributed by atoms with E-state index in [0.29, 0.717) is 26.1 Å². The summed E-state index contributed by atoms with van der Waals surface area (Å²) in [7, 11) is 1.66. The van der Waals surface area contributed by atoms with Crippen LogP contribution in [0.1, 0.15) is 17.5 Å². The van der Waals surface area contributed by atoms with Crippen LogP contribution in [0.5, 0.6) is 0 Å². The van der Waals surface area contributed by atoms with E-state index in [4.69, 9.17) is 15.9 Å². The van der Waals surface area contributed by atoms with E-state index in [-0.39, 0.29) is 11.7 Å². The molecule has 0 unspecified atom stereocenters. The predicted molar refractivity (Wildman–Crippen MR) is 74.8 cm³/mol. The van der Waals surface area contributed by atoms with Gasteiger partial charge in [0.05, 0.1) is 12.4 Å². The molecule has 4 nitrogen and oxygen atoms in total. The Labute approximate surface area is 113 Å². The summed E-state index contributed by atoms with van der Waals surface area (Å²) in [6.07, 6.45) is 0.532. The van der Waals surface area contributed by atoms with Gasteiger partial charge in [0.1, 0.15) is 5.82 Å². The maximum atomic E-state index is 13.1. The third-order valence-electron chi connectivity index (χ3n) is 3.01. The standard InChI is InChI=1S/C14H22FN3O/c1-11-9-13(15)4-3-12(11)10-18(7-8-19-2)6-5-14(16)17/h3-4,9H,5-8,10H2,1-2H3,(H3,16,17). The van der Waals surface area contributed by atoms with Gasteiger partial charge in [0, 0.05) is 33.2 Å². The molecule has 0 radical (unpaired) electrons. The third-order valence-corrected chi connectivity index (χ3v) is 3.01. The molecule has 1 rings (SSSR count). The van der Waals surface area contributed by atoms with Gasteiger partial charge in [-0.3, -0.25) is 10.3 Å². The molecule has 0 amide bonds. The average molecular weight is 267 g/mol. The summed E-state index contributed by atoms with van der Waals surface area (Å²) in [5.41, 5.74) is 7.41. The van der Waals surface area contributed by atoms with E-state index >= 15 is 0 Å². The SMILES string of the molecule is COCCN(CCC(=N)N)Cc1ccc(F)cc1C. The summed E-state index contributed by atoms with van der Waals surface area (Å²) in [5, 5.41) is 7.29. The molecule has 0 aliphatic rings. The number of nitrogens with two attached hydrogens (primary N) is 1. The number of benzene rings is 1. The second-order valence-electron chi connectivity index (χ2n) is 4.61. The molecule has 0 heterocycles. The summed E-state index contributed by atoms with van der Waals surface area (Å²) in [6, 6.07) is 4.81. The molecule has 0 spiro atoms. The van der Waals surface area contributed by atoms with Crippen LogP contribution in [-0.4, -0.2) is 37.5 Å². The molecular formula is C14H22FN3O. The highest BCUT2D eigenvalue weighted by molar-refractivity contribution is 5.76. The topological polar surface area (TPSA) is 62.3 Å². The van der Waals surface area contributed by atoms with Gasteiger partial charge in [-0.05, 0) is 30.2 Å². The molecule has 5 heteroatoms. The second kappa shape index (κ2) is 7.86. The Morgan fingerprint density at radius 1 is 1.42 bits per heavy atom. The van der Waals surface area contributed by atoms with E-state index in [0.717, 1.165) is 17.7 Å². The van der Waals surface area contributed by atoms with Crippen LogP contribution in [-0.2, 0) is 11.3 Å². The fourth-order valence-electron chi connectivity index (χ4n) is 1.85. The lowest BCUT2D eigenvalue weighted by atomic mass is 10.1. The first-order valence-corrected chi connectivity index (χ1v) is 6.32. The van der Waals surface area contributed by atoms with Crippen molar-refractivity contribution in [1.29, 1.82) is 5.41 Å². The van der Waals surface area contributed by atoms with Crippen LogP contribution in [0, 0.1) is 18.2 Å². The van der Waals surface area contributed by atoms with Gasteiger partial charge in [0.2, 0.25) is 0 Å². The first-order chi connectivity index (χ1) is 9.02. The number of nitrogens with one attached hydrogen (secondary N) is 1. The van der Waals surface area contributed by atoms with Gasteiger partial charge in [-0.15, -0.1) is 0 Å². The lowest BCUT2D eigenvalue weighted by Crippen LogP contribution is -2.30. The molecule has 0 bridgehead atoms. The highest BCUT2D eigenvalue weighted by Gasteiger charge is 2.09. The molecule has 3 N–H and O–H groups in total. The Balaban J connectivity index is 2.66. The molecule has 0 saturated heterocycles. The first-order valence-electron chi connectivity index (χ1n) is 6.32. The predicted octanol–water partition coefficient (Wildman–Crippen LogP) is 1.91. The smallest absolute Gasteiger partial charge is 0.123 e. The van der Waals surface area contributed by atoms with Gasteiger partial charge in [-0.25, -0.2) is 4.39 Å². The van der Waals surface area contributed by atoms with E-state index < -0.39 is 0 Å². The minimum Gasteiger partial charge on any atom is -0.388 e. The van der Waals surface area contributed by atoms with E-state index in [9.17, 15) is 4.39 Å². The maximum Gasteiger partial charge on any atom is 0.123 e. The summed E-state index contributed by atoms with van der Waals surface area (Å²) in [6.45, 7) is 4.70. The second-order valence-corrected chi connectivity index (χ2v) is 4.61. The van der Waals surface area contributed by atoms with E-state index in [2.05, 4.69) is 4.90 Å². The van der Waals surface area contributed by atoms with Gasteiger partial charge in [-0.2, -0.15) is 0 Å². The number of hydrogen-bond acceptors (Lipinski definition) is 3. The van der Waals surface area contributed by atoms with Gasteiger partial charge in [-0.1, -0.05) is 6.07 Å². The van der Waals surface area contributed by atoms with Crippen LogP contribution in [0.4, 0.5) is 4.39 Å². The molecule has 19 heavy (non-hydrogen) atoms. The van der Waals surface area contributed by atoms with Crippen molar-refractivity contribution in [3.05, 3.63) is 35.1 Å². The zero-order chi connectivity index (χ0) is 14.3. The van der Waals surface area contributed by atoms with Crippen LogP contribution < -0.4 is 5.73 Å². The van der Waals surface area contributed by atoms with E-state index in [1.54, 1.807) is 13.2 Å². The molecule has 1 aromatic rings. The maximum absolute atomic E-state index is 13.1. The molecular weight excluding hydrogens is 245 g/mol. The largest absolute Gasteiger partial charge is 0.388 e. The van der Waals surface area contributed by atoms with Gasteiger partial charge >= 0.3 is 0 Å². The average Bonchev–Trinajstić information content (AvgIpc) is 2.35. The summed E-state index contributed by atoms with van der Waals surface area (Å²) >= 11 is 0. The zero-order valence-corrected chi connectivity index (χ0v) is 11.6. The minimum absolute atomic E-state index is 0.179. The molecule has 106 valence electrons. The van der Waals surface area contributed by atoms with Crippen molar-refractivity contribution in [2.75, 3.05) is 26.8 Å². The Kier molecular flexibility index (Phi) is 6.45. The lowest BCUT2D eigenvalue weighted by Gasteiger charge is -2.22. The highest BCUT2D eigenvalue weighted by atomic mass is 19.1. The fraction of sp³-hybridized carbons (Fsp3) is 0.500. The van der Waals surface area contributed by atoms with Crippen LogP contribution in [0.2, 0.25) is 0 Å². The van der Waals surface area contributed by atoms with Crippen molar-refractivity contribution in [2.45, 2.75) is 19.9 Å². The quantitative estimate of drug-likeness (QED) is 0.558. The summed E-state index contributed by atoms with van der Waals surface area (Å²) < 4.78 is 18.1. The van der Waals surface area contributed by atoms with Gasteiger partial charge in [0.25, 0.3) is 0 Å². The van der Waals surface area contributed by atoms with Crippen molar-refractivity contribution in [3.63, 3.8) is 0 Å². The number of amidine groups is 1. The van der Waals surface area contributed by atoms with Crippen LogP contribution in [0.15, 0.2) is 18.2 Å². The Bertz CT molecular complexity index is 423. The molecule has 0 saturated carbocycles. The Morgan fingerprint density at radius 2 is 2.16 bits per heavy atom. The number of methoxy groups -OCH3 is 1. The fourth-order valence-corrected chi connectivity index (χ4v) is 1.85. The number of aryl methyl sites for hydroxylation is 1. The third kappa shape index (κ3) is 5.81. The van der Waals surface area contributed by atoms with Crippen molar-refractivity contribution in [3.8, 4) is 0 Å². The molecule has 0 aliphatic heterocycles. The van der Waals surface area contributed by atoms with E-state index in [1.807, 2.05) is 6.92 Å². The molecule has 0 aliphatic carbocycles. The molecule has 0 fully saturated rings. The Hall–Kier alpha value is -1.46.